The number of aromatic nitrogens is 2. The van der Waals surface area contributed by atoms with Gasteiger partial charge in [-0.05, 0) is 42.2 Å². The van der Waals surface area contributed by atoms with E-state index in [1.165, 1.54) is 23.3 Å². The maximum absolute atomic E-state index is 11.4. The standard InChI is InChI=1S/C16H15N3O2/c1-2-15(20)17-13-8-10-3-4-11(7-12(10)9-13)14-5-6-16(21)19-18-14/h2-7,13H,1,8-9H2,(H,17,20)(H,19,21). The largest absolute Gasteiger partial charge is 0.349 e. The summed E-state index contributed by atoms with van der Waals surface area (Å²) in [6.45, 7) is 3.46. The number of carbonyl (C=O) groups is 1. The number of nitrogens with one attached hydrogen (secondary N) is 2. The summed E-state index contributed by atoms with van der Waals surface area (Å²) in [5, 5.41) is 9.39. The second-order valence-corrected chi connectivity index (χ2v) is 5.11. The van der Waals surface area contributed by atoms with E-state index in [2.05, 4.69) is 34.2 Å². The molecule has 1 heterocycles. The Kier molecular flexibility index (Phi) is 3.39. The molecule has 0 saturated heterocycles. The van der Waals surface area contributed by atoms with Crippen LogP contribution in [0, 0.1) is 0 Å². The first-order chi connectivity index (χ1) is 10.2. The minimum Gasteiger partial charge on any atom is -0.349 e. The molecule has 0 bridgehead atoms. The molecule has 1 atom stereocenters. The van der Waals surface area contributed by atoms with Gasteiger partial charge in [0.1, 0.15) is 0 Å². The van der Waals surface area contributed by atoms with Crippen LogP contribution in [0.2, 0.25) is 0 Å². The van der Waals surface area contributed by atoms with Crippen molar-refractivity contribution in [1.82, 2.24) is 15.5 Å². The summed E-state index contributed by atoms with van der Waals surface area (Å²) in [7, 11) is 0. The predicted molar refractivity (Wildman–Crippen MR) is 79.8 cm³/mol. The lowest BCUT2D eigenvalue weighted by atomic mass is 10.0. The summed E-state index contributed by atoms with van der Waals surface area (Å²) in [6.07, 6.45) is 2.92. The third-order valence-electron chi connectivity index (χ3n) is 3.65. The normalized spacial score (nSPS) is 16.3. The fourth-order valence-electron chi connectivity index (χ4n) is 2.64. The minimum absolute atomic E-state index is 0.115. The fraction of sp³-hybridized carbons (Fsp3) is 0.188. The Morgan fingerprint density at radius 3 is 2.81 bits per heavy atom. The maximum atomic E-state index is 11.4. The smallest absolute Gasteiger partial charge is 0.264 e. The Morgan fingerprint density at radius 1 is 1.29 bits per heavy atom. The van der Waals surface area contributed by atoms with Crippen LogP contribution in [0.25, 0.3) is 11.3 Å². The maximum Gasteiger partial charge on any atom is 0.264 e. The molecule has 1 unspecified atom stereocenters. The molecule has 0 saturated carbocycles. The Hall–Kier alpha value is -2.69. The van der Waals surface area contributed by atoms with E-state index in [1.807, 2.05) is 6.07 Å². The van der Waals surface area contributed by atoms with E-state index in [0.717, 1.165) is 24.1 Å². The summed E-state index contributed by atoms with van der Waals surface area (Å²) >= 11 is 0. The molecule has 5 heteroatoms. The molecule has 2 aromatic rings. The molecule has 3 rings (SSSR count). The summed E-state index contributed by atoms with van der Waals surface area (Å²) in [4.78, 5) is 22.4. The molecule has 1 aliphatic rings. The first kappa shape index (κ1) is 13.3. The molecule has 0 radical (unpaired) electrons. The van der Waals surface area contributed by atoms with Crippen molar-refractivity contribution in [3.05, 3.63) is 64.5 Å². The lowest BCUT2D eigenvalue weighted by Gasteiger charge is -2.09. The van der Waals surface area contributed by atoms with Crippen molar-refractivity contribution in [2.45, 2.75) is 18.9 Å². The number of rotatable bonds is 3. The number of nitrogens with zero attached hydrogens (tertiary/aromatic N) is 1. The van der Waals surface area contributed by atoms with Crippen LogP contribution in [0.4, 0.5) is 0 Å². The van der Waals surface area contributed by atoms with Crippen molar-refractivity contribution in [2.75, 3.05) is 0 Å². The molecular weight excluding hydrogens is 266 g/mol. The molecule has 1 amide bonds. The van der Waals surface area contributed by atoms with Gasteiger partial charge in [0.05, 0.1) is 5.69 Å². The van der Waals surface area contributed by atoms with Crippen molar-refractivity contribution in [3.63, 3.8) is 0 Å². The lowest BCUT2D eigenvalue weighted by molar-refractivity contribution is -0.117. The third kappa shape index (κ3) is 2.76. The van der Waals surface area contributed by atoms with E-state index in [-0.39, 0.29) is 17.5 Å². The van der Waals surface area contributed by atoms with Crippen LogP contribution < -0.4 is 10.9 Å². The van der Waals surface area contributed by atoms with Crippen LogP contribution in [-0.4, -0.2) is 22.1 Å². The number of carbonyl (C=O) groups excluding carboxylic acids is 1. The van der Waals surface area contributed by atoms with Gasteiger partial charge in [0, 0.05) is 17.7 Å². The highest BCUT2D eigenvalue weighted by molar-refractivity contribution is 5.87. The Balaban J connectivity index is 1.83. The van der Waals surface area contributed by atoms with Crippen LogP contribution in [0.1, 0.15) is 11.1 Å². The average Bonchev–Trinajstić information content (AvgIpc) is 2.89. The molecule has 1 aliphatic carbocycles. The zero-order chi connectivity index (χ0) is 14.8. The highest BCUT2D eigenvalue weighted by Gasteiger charge is 2.22. The molecular formula is C16H15N3O2. The number of amides is 1. The second kappa shape index (κ2) is 5.36. The van der Waals surface area contributed by atoms with E-state index in [0.29, 0.717) is 0 Å². The highest BCUT2D eigenvalue weighted by atomic mass is 16.1. The van der Waals surface area contributed by atoms with Gasteiger partial charge in [0.25, 0.3) is 5.56 Å². The van der Waals surface area contributed by atoms with Crippen molar-refractivity contribution >= 4 is 5.91 Å². The lowest BCUT2D eigenvalue weighted by Crippen LogP contribution is -2.33. The van der Waals surface area contributed by atoms with Crippen LogP contribution in [-0.2, 0) is 17.6 Å². The van der Waals surface area contributed by atoms with Crippen LogP contribution >= 0.6 is 0 Å². The van der Waals surface area contributed by atoms with Gasteiger partial charge in [-0.25, -0.2) is 5.10 Å². The highest BCUT2D eigenvalue weighted by Crippen LogP contribution is 2.27. The van der Waals surface area contributed by atoms with Crippen LogP contribution in [0.3, 0.4) is 0 Å². The zero-order valence-corrected chi connectivity index (χ0v) is 11.4. The summed E-state index contributed by atoms with van der Waals surface area (Å²) < 4.78 is 0. The Labute approximate surface area is 121 Å². The van der Waals surface area contributed by atoms with Gasteiger partial charge in [0.15, 0.2) is 0 Å². The summed E-state index contributed by atoms with van der Waals surface area (Å²) in [6, 6.07) is 9.38. The van der Waals surface area contributed by atoms with Gasteiger partial charge in [-0.2, -0.15) is 5.10 Å². The van der Waals surface area contributed by atoms with Crippen LogP contribution in [0.15, 0.2) is 47.8 Å². The topological polar surface area (TPSA) is 74.8 Å². The second-order valence-electron chi connectivity index (χ2n) is 5.11. The van der Waals surface area contributed by atoms with Gasteiger partial charge in [-0.15, -0.1) is 0 Å². The third-order valence-corrected chi connectivity index (χ3v) is 3.65. The van der Waals surface area contributed by atoms with Crippen molar-refractivity contribution in [3.8, 4) is 11.3 Å². The van der Waals surface area contributed by atoms with Crippen LogP contribution in [0.5, 0.6) is 0 Å². The van der Waals surface area contributed by atoms with Gasteiger partial charge >= 0.3 is 0 Å². The molecule has 0 spiro atoms. The number of H-pyrrole nitrogens is 1. The van der Waals surface area contributed by atoms with E-state index >= 15 is 0 Å². The van der Waals surface area contributed by atoms with E-state index in [1.54, 1.807) is 6.07 Å². The van der Waals surface area contributed by atoms with E-state index in [9.17, 15) is 9.59 Å². The number of hydrogen-bond donors (Lipinski definition) is 2. The molecule has 1 aromatic heterocycles. The first-order valence-electron chi connectivity index (χ1n) is 6.76. The number of hydrogen-bond acceptors (Lipinski definition) is 3. The predicted octanol–water partition coefficient (Wildman–Crippen LogP) is 1.21. The molecule has 106 valence electrons. The monoisotopic (exact) mass is 281 g/mol. The van der Waals surface area contributed by atoms with Gasteiger partial charge in [-0.1, -0.05) is 18.7 Å². The molecule has 1 aromatic carbocycles. The molecule has 21 heavy (non-hydrogen) atoms. The first-order valence-corrected chi connectivity index (χ1v) is 6.76. The summed E-state index contributed by atoms with van der Waals surface area (Å²) in [5.74, 6) is -0.143. The number of benzene rings is 1. The van der Waals surface area contributed by atoms with Gasteiger partial charge in [-0.3, -0.25) is 9.59 Å². The van der Waals surface area contributed by atoms with Crippen molar-refractivity contribution < 1.29 is 4.79 Å². The van der Waals surface area contributed by atoms with Crippen molar-refractivity contribution in [1.29, 1.82) is 0 Å². The zero-order valence-electron chi connectivity index (χ0n) is 11.4. The van der Waals surface area contributed by atoms with Gasteiger partial charge < -0.3 is 5.32 Å². The molecule has 0 fully saturated rings. The average molecular weight is 281 g/mol. The van der Waals surface area contributed by atoms with E-state index in [4.69, 9.17) is 0 Å². The Bertz CT molecular complexity index is 744. The number of fused-ring (bicyclic) bond motifs is 1. The SMILES string of the molecule is C=CC(=O)NC1Cc2ccc(-c3ccc(=O)[nH]n3)cc2C1. The van der Waals surface area contributed by atoms with Crippen molar-refractivity contribution in [2.24, 2.45) is 0 Å². The minimum atomic E-state index is -0.216. The fourth-order valence-corrected chi connectivity index (χ4v) is 2.64. The van der Waals surface area contributed by atoms with E-state index < -0.39 is 0 Å². The quantitative estimate of drug-likeness (QED) is 0.830. The molecule has 5 nitrogen and oxygen atoms in total. The molecule has 2 N–H and O–H groups in total. The molecule has 0 aliphatic heterocycles. The summed E-state index contributed by atoms with van der Waals surface area (Å²) in [5.41, 5.74) is 3.91. The number of aromatic amines is 1. The van der Waals surface area contributed by atoms with Gasteiger partial charge in [0.2, 0.25) is 5.91 Å². The Morgan fingerprint density at radius 2 is 2.10 bits per heavy atom.